The highest BCUT2D eigenvalue weighted by Gasteiger charge is 2.31. The van der Waals surface area contributed by atoms with Crippen molar-refractivity contribution in [3.8, 4) is 0 Å². The van der Waals surface area contributed by atoms with Gasteiger partial charge in [0.05, 0.1) is 10.5 Å². The number of sulfonamides is 1. The second kappa shape index (κ2) is 5.14. The molecule has 2 rings (SSSR count). The predicted octanol–water partition coefficient (Wildman–Crippen LogP) is 1.91. The van der Waals surface area contributed by atoms with Crippen molar-refractivity contribution in [3.05, 3.63) is 29.1 Å². The van der Waals surface area contributed by atoms with Crippen LogP contribution in [-0.4, -0.2) is 25.5 Å². The van der Waals surface area contributed by atoms with E-state index >= 15 is 0 Å². The Balaban J connectivity index is 2.38. The number of carbonyl (C=O) groups is 1. The molecule has 0 heterocycles. The zero-order valence-corrected chi connectivity index (χ0v) is 12.0. The van der Waals surface area contributed by atoms with Crippen molar-refractivity contribution in [3.63, 3.8) is 0 Å². The average Bonchev–Trinajstić information content (AvgIpc) is 3.15. The molecule has 1 aromatic carbocycles. The molecule has 2 N–H and O–H groups in total. The number of nitrogens with one attached hydrogen (secondary N) is 1. The molecule has 1 aliphatic carbocycles. The van der Waals surface area contributed by atoms with Gasteiger partial charge >= 0.3 is 5.97 Å². The molecule has 0 aliphatic heterocycles. The van der Waals surface area contributed by atoms with E-state index in [1.54, 1.807) is 6.92 Å². The molecule has 0 radical (unpaired) electrons. The van der Waals surface area contributed by atoms with Gasteiger partial charge in [-0.3, -0.25) is 0 Å². The summed E-state index contributed by atoms with van der Waals surface area (Å²) in [5, 5.41) is 8.91. The van der Waals surface area contributed by atoms with Crippen molar-refractivity contribution < 1.29 is 22.7 Å². The van der Waals surface area contributed by atoms with E-state index in [2.05, 4.69) is 4.72 Å². The molecule has 1 aromatic rings. The van der Waals surface area contributed by atoms with Crippen molar-refractivity contribution in [2.45, 2.75) is 37.6 Å². The molecular formula is C13H16FNO4S. The molecule has 20 heavy (non-hydrogen) atoms. The summed E-state index contributed by atoms with van der Waals surface area (Å²) in [6.07, 6.45) is 1.96. The largest absolute Gasteiger partial charge is 0.478 e. The van der Waals surface area contributed by atoms with E-state index in [0.717, 1.165) is 25.0 Å². The minimum Gasteiger partial charge on any atom is -0.478 e. The molecule has 0 amide bonds. The smallest absolute Gasteiger partial charge is 0.338 e. The number of halogens is 1. The van der Waals surface area contributed by atoms with Crippen LogP contribution < -0.4 is 4.72 Å². The zero-order valence-electron chi connectivity index (χ0n) is 11.2. The van der Waals surface area contributed by atoms with Crippen LogP contribution in [0.15, 0.2) is 17.0 Å². The van der Waals surface area contributed by atoms with Gasteiger partial charge in [0.25, 0.3) is 0 Å². The number of aromatic carboxylic acids is 1. The number of aryl methyl sites for hydroxylation is 1. The molecule has 7 heteroatoms. The Morgan fingerprint density at radius 2 is 2.05 bits per heavy atom. The lowest BCUT2D eigenvalue weighted by atomic mass is 10.1. The Labute approximate surface area is 116 Å². The van der Waals surface area contributed by atoms with Crippen molar-refractivity contribution in [2.24, 2.45) is 5.92 Å². The quantitative estimate of drug-likeness (QED) is 0.870. The molecule has 5 nitrogen and oxygen atoms in total. The SMILES string of the molecule is Cc1cc(S(=O)(=O)NC(C)C2CC2)cc(C(=O)O)c1F. The van der Waals surface area contributed by atoms with Gasteiger partial charge in [-0.15, -0.1) is 0 Å². The van der Waals surface area contributed by atoms with Crippen molar-refractivity contribution >= 4 is 16.0 Å². The summed E-state index contributed by atoms with van der Waals surface area (Å²) in [5.41, 5.74) is -0.645. The first-order valence-electron chi connectivity index (χ1n) is 6.28. The van der Waals surface area contributed by atoms with Crippen LogP contribution >= 0.6 is 0 Å². The van der Waals surface area contributed by atoms with Gasteiger partial charge in [-0.05, 0) is 50.3 Å². The Morgan fingerprint density at radius 3 is 2.55 bits per heavy atom. The molecule has 1 atom stereocenters. The van der Waals surface area contributed by atoms with Gasteiger partial charge in [-0.25, -0.2) is 22.3 Å². The van der Waals surface area contributed by atoms with Gasteiger partial charge in [0.2, 0.25) is 10.0 Å². The van der Waals surface area contributed by atoms with Crippen LogP contribution in [0, 0.1) is 18.7 Å². The summed E-state index contributed by atoms with van der Waals surface area (Å²) < 4.78 is 40.5. The van der Waals surface area contributed by atoms with Crippen LogP contribution in [0.3, 0.4) is 0 Å². The minimum absolute atomic E-state index is 0.00986. The van der Waals surface area contributed by atoms with Gasteiger partial charge in [0.1, 0.15) is 5.82 Å². The van der Waals surface area contributed by atoms with E-state index in [0.29, 0.717) is 5.92 Å². The van der Waals surface area contributed by atoms with Gasteiger partial charge < -0.3 is 5.11 Å². The van der Waals surface area contributed by atoms with Gasteiger partial charge in [0.15, 0.2) is 0 Å². The number of benzene rings is 1. The minimum atomic E-state index is -3.84. The number of carboxylic acids is 1. The third-order valence-corrected chi connectivity index (χ3v) is 4.98. The Bertz CT molecular complexity index is 653. The van der Waals surface area contributed by atoms with Crippen LogP contribution in [0.4, 0.5) is 4.39 Å². The number of hydrogen-bond acceptors (Lipinski definition) is 3. The maximum absolute atomic E-state index is 13.6. The van der Waals surface area contributed by atoms with Gasteiger partial charge in [-0.1, -0.05) is 0 Å². The lowest BCUT2D eigenvalue weighted by Crippen LogP contribution is -2.34. The molecule has 1 fully saturated rings. The highest BCUT2D eigenvalue weighted by Crippen LogP contribution is 2.33. The third-order valence-electron chi connectivity index (χ3n) is 3.44. The molecule has 0 bridgehead atoms. The molecule has 1 saturated carbocycles. The lowest BCUT2D eigenvalue weighted by molar-refractivity contribution is 0.0691. The lowest BCUT2D eigenvalue weighted by Gasteiger charge is -2.14. The normalized spacial score (nSPS) is 16.9. The summed E-state index contributed by atoms with van der Waals surface area (Å²) in [7, 11) is -3.84. The maximum atomic E-state index is 13.6. The highest BCUT2D eigenvalue weighted by atomic mass is 32.2. The predicted molar refractivity (Wildman–Crippen MR) is 70.6 cm³/mol. The van der Waals surface area contributed by atoms with E-state index in [1.807, 2.05) is 0 Å². The van der Waals surface area contributed by atoms with Crippen molar-refractivity contribution in [1.82, 2.24) is 4.72 Å². The molecular weight excluding hydrogens is 285 g/mol. The fourth-order valence-electron chi connectivity index (χ4n) is 2.05. The summed E-state index contributed by atoms with van der Waals surface area (Å²) in [6.45, 7) is 3.11. The fraction of sp³-hybridized carbons (Fsp3) is 0.462. The molecule has 0 spiro atoms. The average molecular weight is 301 g/mol. The number of hydrogen-bond donors (Lipinski definition) is 2. The summed E-state index contributed by atoms with van der Waals surface area (Å²) >= 11 is 0. The van der Waals surface area contributed by atoms with E-state index < -0.39 is 27.4 Å². The molecule has 1 unspecified atom stereocenters. The summed E-state index contributed by atoms with van der Waals surface area (Å²) in [5.74, 6) is -2.07. The van der Waals surface area contributed by atoms with E-state index in [1.165, 1.54) is 6.92 Å². The van der Waals surface area contributed by atoms with Crippen LogP contribution in [0.2, 0.25) is 0 Å². The maximum Gasteiger partial charge on any atom is 0.338 e. The molecule has 0 saturated heterocycles. The monoisotopic (exact) mass is 301 g/mol. The zero-order chi connectivity index (χ0) is 15.1. The first kappa shape index (κ1) is 14.9. The molecule has 110 valence electrons. The molecule has 1 aliphatic rings. The third kappa shape index (κ3) is 2.99. The van der Waals surface area contributed by atoms with Crippen LogP contribution in [0.5, 0.6) is 0 Å². The Morgan fingerprint density at radius 1 is 1.45 bits per heavy atom. The van der Waals surface area contributed by atoms with E-state index in [9.17, 15) is 17.6 Å². The standard InChI is InChI=1S/C13H16FNO4S/c1-7-5-10(6-11(12(7)14)13(16)17)20(18,19)15-8(2)9-3-4-9/h5-6,8-9,15H,3-4H2,1-2H3,(H,16,17). The van der Waals surface area contributed by atoms with Crippen LogP contribution in [0.1, 0.15) is 35.7 Å². The van der Waals surface area contributed by atoms with Crippen molar-refractivity contribution in [2.75, 3.05) is 0 Å². The molecule has 0 aromatic heterocycles. The first-order chi connectivity index (χ1) is 9.22. The number of carboxylic acid groups (broad SMARTS) is 1. The van der Waals surface area contributed by atoms with Crippen LogP contribution in [-0.2, 0) is 10.0 Å². The van der Waals surface area contributed by atoms with E-state index in [-0.39, 0.29) is 16.5 Å². The first-order valence-corrected chi connectivity index (χ1v) is 7.76. The Hall–Kier alpha value is -1.47. The second-order valence-corrected chi connectivity index (χ2v) is 6.87. The summed E-state index contributed by atoms with van der Waals surface area (Å²) in [4.78, 5) is 10.7. The second-order valence-electron chi connectivity index (χ2n) is 5.15. The topological polar surface area (TPSA) is 83.5 Å². The van der Waals surface area contributed by atoms with E-state index in [4.69, 9.17) is 5.11 Å². The summed E-state index contributed by atoms with van der Waals surface area (Å²) in [6, 6.07) is 1.79. The highest BCUT2D eigenvalue weighted by molar-refractivity contribution is 7.89. The van der Waals surface area contributed by atoms with Crippen LogP contribution in [0.25, 0.3) is 0 Å². The van der Waals surface area contributed by atoms with Gasteiger partial charge in [0, 0.05) is 6.04 Å². The fourth-order valence-corrected chi connectivity index (χ4v) is 3.48. The van der Waals surface area contributed by atoms with Gasteiger partial charge in [-0.2, -0.15) is 0 Å². The van der Waals surface area contributed by atoms with Crippen molar-refractivity contribution in [1.29, 1.82) is 0 Å². The number of rotatable bonds is 5. The Kier molecular flexibility index (Phi) is 3.84.